The maximum Gasteiger partial charge on any atom is 0.240 e. The Kier molecular flexibility index (Phi) is 2.58. The fourth-order valence-corrected chi connectivity index (χ4v) is 2.06. The molecule has 1 saturated heterocycles. The maximum atomic E-state index is 11.6. The SMILES string of the molecule is NC(=O)C1CCC(=O)N1C1=CCCC=C1. The first kappa shape index (κ1) is 9.96. The predicted molar refractivity (Wildman–Crippen MR) is 55.5 cm³/mol. The summed E-state index contributed by atoms with van der Waals surface area (Å²) in [4.78, 5) is 24.3. The van der Waals surface area contributed by atoms with E-state index in [1.54, 1.807) is 0 Å². The molecule has 2 aliphatic rings. The van der Waals surface area contributed by atoms with Crippen LogP contribution in [0.3, 0.4) is 0 Å². The Morgan fingerprint density at radius 3 is 2.87 bits per heavy atom. The van der Waals surface area contributed by atoms with Crippen LogP contribution in [0, 0.1) is 0 Å². The number of likely N-dealkylation sites (tertiary alicyclic amines) is 1. The molecule has 0 spiro atoms. The molecule has 1 atom stereocenters. The van der Waals surface area contributed by atoms with Crippen molar-refractivity contribution in [3.8, 4) is 0 Å². The van der Waals surface area contributed by atoms with Crippen molar-refractivity contribution in [1.29, 1.82) is 0 Å². The highest BCUT2D eigenvalue weighted by molar-refractivity contribution is 5.91. The number of hydrogen-bond donors (Lipinski definition) is 1. The Bertz CT molecular complexity index is 358. The molecule has 80 valence electrons. The van der Waals surface area contributed by atoms with Gasteiger partial charge >= 0.3 is 0 Å². The topological polar surface area (TPSA) is 63.4 Å². The molecule has 4 heteroatoms. The summed E-state index contributed by atoms with van der Waals surface area (Å²) in [6.07, 6.45) is 8.76. The second-order valence-electron chi connectivity index (χ2n) is 3.83. The zero-order valence-corrected chi connectivity index (χ0v) is 8.48. The number of hydrogen-bond acceptors (Lipinski definition) is 2. The number of primary amides is 1. The van der Waals surface area contributed by atoms with Gasteiger partial charge in [-0.25, -0.2) is 0 Å². The Morgan fingerprint density at radius 1 is 1.47 bits per heavy atom. The third kappa shape index (κ3) is 1.79. The van der Waals surface area contributed by atoms with E-state index >= 15 is 0 Å². The lowest BCUT2D eigenvalue weighted by Gasteiger charge is -2.24. The zero-order valence-electron chi connectivity index (χ0n) is 8.48. The molecule has 1 heterocycles. The molecule has 2 N–H and O–H groups in total. The van der Waals surface area contributed by atoms with Gasteiger partial charge in [0.25, 0.3) is 0 Å². The van der Waals surface area contributed by atoms with Crippen molar-refractivity contribution in [3.63, 3.8) is 0 Å². The lowest BCUT2D eigenvalue weighted by molar-refractivity contribution is -0.131. The van der Waals surface area contributed by atoms with Gasteiger partial charge in [0.05, 0.1) is 0 Å². The van der Waals surface area contributed by atoms with Gasteiger partial charge in [0.1, 0.15) is 6.04 Å². The molecule has 0 aromatic carbocycles. The number of allylic oxidation sites excluding steroid dienone is 3. The Labute approximate surface area is 88.4 Å². The summed E-state index contributed by atoms with van der Waals surface area (Å²) in [6.45, 7) is 0. The summed E-state index contributed by atoms with van der Waals surface area (Å²) in [7, 11) is 0. The van der Waals surface area contributed by atoms with E-state index < -0.39 is 11.9 Å². The van der Waals surface area contributed by atoms with Crippen LogP contribution in [0.25, 0.3) is 0 Å². The average molecular weight is 206 g/mol. The van der Waals surface area contributed by atoms with Crippen molar-refractivity contribution in [2.75, 3.05) is 0 Å². The molecule has 0 aromatic heterocycles. The Morgan fingerprint density at radius 2 is 2.27 bits per heavy atom. The van der Waals surface area contributed by atoms with E-state index in [0.29, 0.717) is 12.8 Å². The smallest absolute Gasteiger partial charge is 0.240 e. The van der Waals surface area contributed by atoms with Crippen LogP contribution in [0.1, 0.15) is 25.7 Å². The molecular weight excluding hydrogens is 192 g/mol. The average Bonchev–Trinajstić information content (AvgIpc) is 2.61. The summed E-state index contributed by atoms with van der Waals surface area (Å²) in [5, 5.41) is 0. The van der Waals surface area contributed by atoms with Crippen molar-refractivity contribution in [2.45, 2.75) is 31.7 Å². The van der Waals surface area contributed by atoms with Crippen LogP contribution in [0.15, 0.2) is 23.9 Å². The van der Waals surface area contributed by atoms with Gasteiger partial charge in [-0.2, -0.15) is 0 Å². The summed E-state index contributed by atoms with van der Waals surface area (Å²) in [5.74, 6) is -0.419. The minimum Gasteiger partial charge on any atom is -0.368 e. The van der Waals surface area contributed by atoms with E-state index in [-0.39, 0.29) is 5.91 Å². The number of amides is 2. The first-order chi connectivity index (χ1) is 7.20. The number of rotatable bonds is 2. The number of nitrogens with two attached hydrogens (primary N) is 1. The number of carbonyl (C=O) groups is 2. The number of carbonyl (C=O) groups excluding carboxylic acids is 2. The van der Waals surface area contributed by atoms with Crippen molar-refractivity contribution < 1.29 is 9.59 Å². The van der Waals surface area contributed by atoms with Gasteiger partial charge < -0.3 is 10.6 Å². The normalized spacial score (nSPS) is 25.6. The highest BCUT2D eigenvalue weighted by Gasteiger charge is 2.36. The molecular formula is C11H14N2O2. The third-order valence-electron chi connectivity index (χ3n) is 2.79. The monoisotopic (exact) mass is 206 g/mol. The summed E-state index contributed by atoms with van der Waals surface area (Å²) in [5.41, 5.74) is 6.10. The minimum atomic E-state index is -0.452. The lowest BCUT2D eigenvalue weighted by atomic mass is 10.1. The molecule has 0 aromatic rings. The molecule has 1 unspecified atom stereocenters. The van der Waals surface area contributed by atoms with Crippen molar-refractivity contribution in [2.24, 2.45) is 5.73 Å². The molecule has 1 aliphatic heterocycles. The van der Waals surface area contributed by atoms with Gasteiger partial charge in [0.2, 0.25) is 11.8 Å². The van der Waals surface area contributed by atoms with Gasteiger partial charge in [-0.05, 0) is 25.3 Å². The van der Waals surface area contributed by atoms with Gasteiger partial charge in [0, 0.05) is 12.1 Å². The third-order valence-corrected chi connectivity index (χ3v) is 2.79. The molecule has 1 aliphatic carbocycles. The van der Waals surface area contributed by atoms with Crippen LogP contribution < -0.4 is 5.73 Å². The summed E-state index contributed by atoms with van der Waals surface area (Å²) < 4.78 is 0. The first-order valence-electron chi connectivity index (χ1n) is 5.18. The maximum absolute atomic E-state index is 11.6. The Balaban J connectivity index is 2.24. The predicted octanol–water partition coefficient (Wildman–Crippen LogP) is 0.697. The molecule has 0 saturated carbocycles. The van der Waals surface area contributed by atoms with Crippen LogP contribution in [0.2, 0.25) is 0 Å². The summed E-state index contributed by atoms with van der Waals surface area (Å²) >= 11 is 0. The fourth-order valence-electron chi connectivity index (χ4n) is 2.06. The highest BCUT2D eigenvalue weighted by atomic mass is 16.2. The van der Waals surface area contributed by atoms with Crippen LogP contribution in [0.4, 0.5) is 0 Å². The molecule has 0 bridgehead atoms. The lowest BCUT2D eigenvalue weighted by Crippen LogP contribution is -2.41. The second-order valence-corrected chi connectivity index (χ2v) is 3.83. The molecule has 4 nitrogen and oxygen atoms in total. The Hall–Kier alpha value is -1.58. The summed E-state index contributed by atoms with van der Waals surface area (Å²) in [6, 6.07) is -0.452. The van der Waals surface area contributed by atoms with Gasteiger partial charge in [0.15, 0.2) is 0 Å². The van der Waals surface area contributed by atoms with Crippen LogP contribution in [-0.2, 0) is 9.59 Å². The quantitative estimate of drug-likeness (QED) is 0.722. The van der Waals surface area contributed by atoms with E-state index in [4.69, 9.17) is 5.73 Å². The molecule has 0 radical (unpaired) electrons. The number of nitrogens with zero attached hydrogens (tertiary/aromatic N) is 1. The van der Waals surface area contributed by atoms with Crippen molar-refractivity contribution in [3.05, 3.63) is 23.9 Å². The van der Waals surface area contributed by atoms with E-state index in [9.17, 15) is 9.59 Å². The van der Waals surface area contributed by atoms with Crippen molar-refractivity contribution >= 4 is 11.8 Å². The van der Waals surface area contributed by atoms with Gasteiger partial charge in [-0.1, -0.05) is 12.2 Å². The fraction of sp³-hybridized carbons (Fsp3) is 0.455. The molecule has 1 fully saturated rings. The van der Waals surface area contributed by atoms with Gasteiger partial charge in [-0.3, -0.25) is 9.59 Å². The largest absolute Gasteiger partial charge is 0.368 e. The molecule has 2 amide bonds. The van der Waals surface area contributed by atoms with E-state index in [2.05, 4.69) is 0 Å². The first-order valence-corrected chi connectivity index (χ1v) is 5.18. The van der Waals surface area contributed by atoms with E-state index in [1.807, 2.05) is 18.2 Å². The van der Waals surface area contributed by atoms with Crippen LogP contribution >= 0.6 is 0 Å². The minimum absolute atomic E-state index is 0.00315. The van der Waals surface area contributed by atoms with Crippen LogP contribution in [0.5, 0.6) is 0 Å². The van der Waals surface area contributed by atoms with E-state index in [0.717, 1.165) is 18.5 Å². The second kappa shape index (κ2) is 3.88. The molecule has 2 rings (SSSR count). The van der Waals surface area contributed by atoms with Gasteiger partial charge in [-0.15, -0.1) is 0 Å². The van der Waals surface area contributed by atoms with Crippen molar-refractivity contribution in [1.82, 2.24) is 4.90 Å². The standard InChI is InChI=1S/C11H14N2O2/c12-11(15)9-6-7-10(14)13(9)8-4-2-1-3-5-8/h2,4-5,9H,1,3,6-7H2,(H2,12,15). The zero-order chi connectivity index (χ0) is 10.8. The van der Waals surface area contributed by atoms with E-state index in [1.165, 1.54) is 4.90 Å². The van der Waals surface area contributed by atoms with Crippen LogP contribution in [-0.4, -0.2) is 22.8 Å². The molecule has 15 heavy (non-hydrogen) atoms. The highest BCUT2D eigenvalue weighted by Crippen LogP contribution is 2.26.